The van der Waals surface area contributed by atoms with Gasteiger partial charge in [0.25, 0.3) is 0 Å². The smallest absolute Gasteiger partial charge is 0.418 e. The van der Waals surface area contributed by atoms with Gasteiger partial charge in [-0.3, -0.25) is 4.79 Å². The number of esters is 1. The summed E-state index contributed by atoms with van der Waals surface area (Å²) in [5, 5.41) is 0. The zero-order valence-corrected chi connectivity index (χ0v) is 6.84. The summed E-state index contributed by atoms with van der Waals surface area (Å²) in [4.78, 5) is 20.5. The van der Waals surface area contributed by atoms with Crippen molar-refractivity contribution in [2.45, 2.75) is 25.9 Å². The first-order chi connectivity index (χ1) is 5.02. The van der Waals surface area contributed by atoms with Gasteiger partial charge in [-0.2, -0.15) is 0 Å². The average Bonchev–Trinajstić information content (AvgIpc) is 1.86. The minimum Gasteiger partial charge on any atom is -0.469 e. The SMILES string of the molecule is COC(=O)CC(C)(C)O[C]=O. The van der Waals surface area contributed by atoms with Crippen LogP contribution in [-0.2, 0) is 19.1 Å². The molecule has 0 heterocycles. The summed E-state index contributed by atoms with van der Waals surface area (Å²) < 4.78 is 8.88. The van der Waals surface area contributed by atoms with Crippen LogP contribution in [0.2, 0.25) is 0 Å². The molecule has 1 radical (unpaired) electrons. The highest BCUT2D eigenvalue weighted by Gasteiger charge is 2.23. The normalized spacial score (nSPS) is 10.5. The standard InChI is InChI=1S/C7H11O4/c1-7(2,11-5-8)4-6(9)10-3/h4H2,1-3H3. The molecule has 0 saturated carbocycles. The van der Waals surface area contributed by atoms with Gasteiger partial charge < -0.3 is 9.47 Å². The van der Waals surface area contributed by atoms with Gasteiger partial charge in [0.1, 0.15) is 5.60 Å². The van der Waals surface area contributed by atoms with Crippen LogP contribution in [0.4, 0.5) is 0 Å². The first-order valence-corrected chi connectivity index (χ1v) is 3.14. The van der Waals surface area contributed by atoms with Crippen LogP contribution in [-0.4, -0.2) is 25.2 Å². The van der Waals surface area contributed by atoms with Crippen molar-refractivity contribution in [2.75, 3.05) is 7.11 Å². The van der Waals surface area contributed by atoms with Gasteiger partial charge in [-0.1, -0.05) is 0 Å². The van der Waals surface area contributed by atoms with Crippen molar-refractivity contribution in [3.05, 3.63) is 0 Å². The number of carbonyl (C=O) groups is 1. The molecule has 0 atom stereocenters. The van der Waals surface area contributed by atoms with E-state index < -0.39 is 11.6 Å². The zero-order chi connectivity index (χ0) is 8.91. The Bertz CT molecular complexity index is 151. The lowest BCUT2D eigenvalue weighted by Gasteiger charge is -2.19. The van der Waals surface area contributed by atoms with E-state index in [9.17, 15) is 9.59 Å². The van der Waals surface area contributed by atoms with E-state index in [1.54, 1.807) is 13.8 Å². The van der Waals surface area contributed by atoms with E-state index in [1.165, 1.54) is 13.6 Å². The summed E-state index contributed by atoms with van der Waals surface area (Å²) in [6.45, 7) is 4.49. The van der Waals surface area contributed by atoms with E-state index >= 15 is 0 Å². The predicted molar refractivity (Wildman–Crippen MR) is 37.5 cm³/mol. The Kier molecular flexibility index (Phi) is 3.57. The summed E-state index contributed by atoms with van der Waals surface area (Å²) in [5.41, 5.74) is -0.825. The van der Waals surface area contributed by atoms with Crippen molar-refractivity contribution in [1.82, 2.24) is 0 Å². The van der Waals surface area contributed by atoms with Gasteiger partial charge in [0, 0.05) is 0 Å². The molecule has 0 aromatic rings. The van der Waals surface area contributed by atoms with Crippen LogP contribution in [0.1, 0.15) is 20.3 Å². The Morgan fingerprint density at radius 1 is 1.55 bits per heavy atom. The first kappa shape index (κ1) is 9.94. The highest BCUT2D eigenvalue weighted by atomic mass is 16.5. The maximum absolute atomic E-state index is 10.7. The quantitative estimate of drug-likeness (QED) is 0.557. The second kappa shape index (κ2) is 3.95. The van der Waals surface area contributed by atoms with Gasteiger partial charge in [0.2, 0.25) is 0 Å². The van der Waals surface area contributed by atoms with Crippen LogP contribution < -0.4 is 0 Å². The van der Waals surface area contributed by atoms with E-state index in [4.69, 9.17) is 0 Å². The van der Waals surface area contributed by atoms with Crippen LogP contribution in [0, 0.1) is 0 Å². The van der Waals surface area contributed by atoms with E-state index in [0.717, 1.165) is 0 Å². The molecular formula is C7H11O4. The molecule has 4 heteroatoms. The maximum atomic E-state index is 10.7. The summed E-state index contributed by atoms with van der Waals surface area (Å²) in [7, 11) is 1.28. The summed E-state index contributed by atoms with van der Waals surface area (Å²) in [6, 6.07) is 0. The fraction of sp³-hybridized carbons (Fsp3) is 0.714. The van der Waals surface area contributed by atoms with Crippen molar-refractivity contribution < 1.29 is 19.1 Å². The molecule has 0 aromatic heterocycles. The number of ether oxygens (including phenoxy) is 2. The van der Waals surface area contributed by atoms with E-state index in [0.29, 0.717) is 0 Å². The summed E-state index contributed by atoms with van der Waals surface area (Å²) >= 11 is 0. The van der Waals surface area contributed by atoms with Gasteiger partial charge in [-0.05, 0) is 13.8 Å². The van der Waals surface area contributed by atoms with E-state index in [1.807, 2.05) is 0 Å². The molecule has 0 amide bonds. The fourth-order valence-corrected chi connectivity index (χ4v) is 0.569. The number of rotatable bonds is 4. The minimum absolute atomic E-state index is 0.0404. The Labute approximate surface area is 65.5 Å². The molecule has 11 heavy (non-hydrogen) atoms. The molecule has 0 N–H and O–H groups in total. The van der Waals surface area contributed by atoms with E-state index in [2.05, 4.69) is 9.47 Å². The molecule has 0 rings (SSSR count). The maximum Gasteiger partial charge on any atom is 0.418 e. The number of hydrogen-bond donors (Lipinski definition) is 0. The third-order valence-corrected chi connectivity index (χ3v) is 1.12. The molecule has 0 aliphatic heterocycles. The Morgan fingerprint density at radius 2 is 2.09 bits per heavy atom. The Hall–Kier alpha value is -1.06. The Morgan fingerprint density at radius 3 is 2.45 bits per heavy atom. The largest absolute Gasteiger partial charge is 0.469 e. The van der Waals surface area contributed by atoms with Crippen molar-refractivity contribution >= 4 is 12.4 Å². The monoisotopic (exact) mass is 159 g/mol. The lowest BCUT2D eigenvalue weighted by atomic mass is 10.1. The number of carbonyl (C=O) groups excluding carboxylic acids is 2. The summed E-state index contributed by atoms with van der Waals surface area (Å²) in [6.07, 6.45) is 0.0404. The van der Waals surface area contributed by atoms with Gasteiger partial charge >= 0.3 is 12.4 Å². The molecule has 4 nitrogen and oxygen atoms in total. The van der Waals surface area contributed by atoms with Crippen LogP contribution >= 0.6 is 0 Å². The first-order valence-electron chi connectivity index (χ1n) is 3.14. The third-order valence-electron chi connectivity index (χ3n) is 1.12. The average molecular weight is 159 g/mol. The van der Waals surface area contributed by atoms with E-state index in [-0.39, 0.29) is 6.42 Å². The molecule has 0 aromatic carbocycles. The second-order valence-electron chi connectivity index (χ2n) is 2.70. The topological polar surface area (TPSA) is 52.6 Å². The molecule has 0 aliphatic rings. The van der Waals surface area contributed by atoms with Crippen molar-refractivity contribution in [1.29, 1.82) is 0 Å². The molecule has 0 saturated heterocycles. The lowest BCUT2D eigenvalue weighted by Crippen LogP contribution is -2.27. The number of methoxy groups -OCH3 is 1. The van der Waals surface area contributed by atoms with Gasteiger partial charge in [0.05, 0.1) is 13.5 Å². The summed E-state index contributed by atoms with van der Waals surface area (Å²) in [5.74, 6) is -0.412. The molecule has 0 unspecified atom stereocenters. The molecule has 0 bridgehead atoms. The second-order valence-corrected chi connectivity index (χ2v) is 2.70. The third kappa shape index (κ3) is 4.36. The lowest BCUT2D eigenvalue weighted by molar-refractivity contribution is -0.144. The molecule has 0 spiro atoms. The molecule has 0 fully saturated rings. The molecule has 63 valence electrons. The number of hydrogen-bond acceptors (Lipinski definition) is 4. The van der Waals surface area contributed by atoms with Gasteiger partial charge in [-0.25, -0.2) is 4.79 Å². The van der Waals surface area contributed by atoms with Crippen LogP contribution in [0.25, 0.3) is 0 Å². The van der Waals surface area contributed by atoms with Crippen LogP contribution in [0.15, 0.2) is 0 Å². The van der Waals surface area contributed by atoms with Gasteiger partial charge in [-0.15, -0.1) is 0 Å². The van der Waals surface area contributed by atoms with Crippen molar-refractivity contribution in [3.8, 4) is 0 Å². The fourth-order valence-electron chi connectivity index (χ4n) is 0.569. The van der Waals surface area contributed by atoms with Crippen LogP contribution in [0.3, 0.4) is 0 Å². The zero-order valence-electron chi connectivity index (χ0n) is 6.84. The van der Waals surface area contributed by atoms with Gasteiger partial charge in [0.15, 0.2) is 0 Å². The Balaban J connectivity index is 3.89. The van der Waals surface area contributed by atoms with Crippen molar-refractivity contribution in [2.24, 2.45) is 0 Å². The minimum atomic E-state index is -0.825. The molecule has 0 aliphatic carbocycles. The predicted octanol–water partition coefficient (Wildman–Crippen LogP) is 0.412. The molecular weight excluding hydrogens is 148 g/mol. The highest BCUT2D eigenvalue weighted by molar-refractivity contribution is 5.70. The highest BCUT2D eigenvalue weighted by Crippen LogP contribution is 2.13. The van der Waals surface area contributed by atoms with Crippen LogP contribution in [0.5, 0.6) is 0 Å². The van der Waals surface area contributed by atoms with Crippen molar-refractivity contribution in [3.63, 3.8) is 0 Å².